The van der Waals surface area contributed by atoms with Gasteiger partial charge in [0, 0.05) is 5.02 Å². The van der Waals surface area contributed by atoms with E-state index in [9.17, 15) is 0 Å². The highest BCUT2D eigenvalue weighted by Crippen LogP contribution is 2.30. The SMILES string of the molecule is CC1NC(=S)N(Nc2ccc(Cl)cc2)C1c1ccccc1. The Labute approximate surface area is 134 Å². The fourth-order valence-electron chi connectivity index (χ4n) is 2.56. The predicted molar refractivity (Wildman–Crippen MR) is 91.3 cm³/mol. The maximum absolute atomic E-state index is 5.93. The zero-order chi connectivity index (χ0) is 14.8. The highest BCUT2D eigenvalue weighted by molar-refractivity contribution is 7.80. The molecule has 5 heteroatoms. The second-order valence-corrected chi connectivity index (χ2v) is 5.91. The molecule has 1 heterocycles. The van der Waals surface area contributed by atoms with Crippen LogP contribution in [-0.2, 0) is 0 Å². The largest absolute Gasteiger partial charge is 0.356 e. The van der Waals surface area contributed by atoms with Crippen molar-refractivity contribution in [2.45, 2.75) is 19.0 Å². The minimum absolute atomic E-state index is 0.148. The van der Waals surface area contributed by atoms with Gasteiger partial charge in [0.2, 0.25) is 0 Å². The number of thiocarbonyl (C=S) groups is 1. The number of hydrogen-bond acceptors (Lipinski definition) is 2. The Morgan fingerprint density at radius 3 is 2.43 bits per heavy atom. The van der Waals surface area contributed by atoms with Crippen molar-refractivity contribution in [3.05, 3.63) is 65.2 Å². The number of hydrogen-bond donors (Lipinski definition) is 2. The minimum Gasteiger partial charge on any atom is -0.356 e. The van der Waals surface area contributed by atoms with E-state index in [4.69, 9.17) is 23.8 Å². The van der Waals surface area contributed by atoms with Crippen LogP contribution in [0.3, 0.4) is 0 Å². The number of nitrogens with one attached hydrogen (secondary N) is 2. The maximum atomic E-state index is 5.93. The molecule has 2 aromatic rings. The first-order valence-electron chi connectivity index (χ1n) is 6.82. The molecule has 0 spiro atoms. The van der Waals surface area contributed by atoms with Crippen LogP contribution in [0.15, 0.2) is 54.6 Å². The van der Waals surface area contributed by atoms with Crippen LogP contribution in [0.1, 0.15) is 18.5 Å². The van der Waals surface area contributed by atoms with Crippen molar-refractivity contribution in [1.82, 2.24) is 10.3 Å². The Kier molecular flexibility index (Phi) is 3.99. The molecule has 0 bridgehead atoms. The fraction of sp³-hybridized carbons (Fsp3) is 0.188. The molecule has 0 saturated carbocycles. The van der Waals surface area contributed by atoms with E-state index in [1.807, 2.05) is 47.5 Å². The lowest BCUT2D eigenvalue weighted by Crippen LogP contribution is -2.35. The molecule has 2 unspecified atom stereocenters. The van der Waals surface area contributed by atoms with Gasteiger partial charge >= 0.3 is 0 Å². The predicted octanol–water partition coefficient (Wildman–Crippen LogP) is 3.99. The van der Waals surface area contributed by atoms with Gasteiger partial charge in [-0.05, 0) is 49.0 Å². The lowest BCUT2D eigenvalue weighted by atomic mass is 10.0. The molecule has 1 saturated heterocycles. The van der Waals surface area contributed by atoms with Gasteiger partial charge in [-0.1, -0.05) is 41.9 Å². The van der Waals surface area contributed by atoms with Gasteiger partial charge in [-0.25, -0.2) is 0 Å². The molecule has 1 aliphatic rings. The van der Waals surface area contributed by atoms with E-state index in [-0.39, 0.29) is 12.1 Å². The Bertz CT molecular complexity index is 630. The molecule has 2 aromatic carbocycles. The van der Waals surface area contributed by atoms with Crippen LogP contribution < -0.4 is 10.7 Å². The molecule has 2 N–H and O–H groups in total. The van der Waals surface area contributed by atoms with Gasteiger partial charge in [0.05, 0.1) is 17.8 Å². The van der Waals surface area contributed by atoms with E-state index in [1.165, 1.54) is 5.56 Å². The number of nitrogens with zero attached hydrogens (tertiary/aromatic N) is 1. The summed E-state index contributed by atoms with van der Waals surface area (Å²) >= 11 is 11.4. The summed E-state index contributed by atoms with van der Waals surface area (Å²) in [7, 11) is 0. The van der Waals surface area contributed by atoms with E-state index < -0.39 is 0 Å². The molecule has 0 aromatic heterocycles. The second kappa shape index (κ2) is 5.92. The number of rotatable bonds is 3. The zero-order valence-electron chi connectivity index (χ0n) is 11.6. The van der Waals surface area contributed by atoms with E-state index >= 15 is 0 Å². The second-order valence-electron chi connectivity index (χ2n) is 5.08. The Hall–Kier alpha value is -1.78. The number of benzene rings is 2. The summed E-state index contributed by atoms with van der Waals surface area (Å²) in [5.74, 6) is 0. The van der Waals surface area contributed by atoms with Crippen molar-refractivity contribution >= 4 is 34.6 Å². The van der Waals surface area contributed by atoms with Gasteiger partial charge in [0.15, 0.2) is 5.11 Å². The summed E-state index contributed by atoms with van der Waals surface area (Å²) in [6.45, 7) is 2.13. The molecule has 108 valence electrons. The van der Waals surface area contributed by atoms with E-state index in [1.54, 1.807) is 0 Å². The first-order chi connectivity index (χ1) is 10.1. The van der Waals surface area contributed by atoms with Gasteiger partial charge in [-0.2, -0.15) is 0 Å². The monoisotopic (exact) mass is 317 g/mol. The Morgan fingerprint density at radius 2 is 1.76 bits per heavy atom. The molecule has 21 heavy (non-hydrogen) atoms. The van der Waals surface area contributed by atoms with Crippen molar-refractivity contribution in [2.24, 2.45) is 0 Å². The molecular weight excluding hydrogens is 302 g/mol. The summed E-state index contributed by atoms with van der Waals surface area (Å²) in [5.41, 5.74) is 5.55. The summed E-state index contributed by atoms with van der Waals surface area (Å²) in [5, 5.41) is 6.73. The maximum Gasteiger partial charge on any atom is 0.188 e. The van der Waals surface area contributed by atoms with Crippen molar-refractivity contribution < 1.29 is 0 Å². The number of hydrazine groups is 1. The van der Waals surface area contributed by atoms with Gasteiger partial charge in [0.25, 0.3) is 0 Å². The van der Waals surface area contributed by atoms with Crippen LogP contribution in [0.2, 0.25) is 5.02 Å². The first-order valence-corrected chi connectivity index (χ1v) is 7.60. The zero-order valence-corrected chi connectivity index (χ0v) is 13.2. The normalized spacial score (nSPS) is 21.2. The van der Waals surface area contributed by atoms with Crippen LogP contribution in [0.4, 0.5) is 5.69 Å². The molecule has 3 rings (SSSR count). The number of anilines is 1. The van der Waals surface area contributed by atoms with E-state index in [2.05, 4.69) is 29.8 Å². The molecule has 1 fully saturated rings. The van der Waals surface area contributed by atoms with Gasteiger partial charge < -0.3 is 5.32 Å². The highest BCUT2D eigenvalue weighted by Gasteiger charge is 2.35. The Morgan fingerprint density at radius 1 is 1.10 bits per heavy atom. The van der Waals surface area contributed by atoms with Crippen LogP contribution >= 0.6 is 23.8 Å². The fourth-order valence-corrected chi connectivity index (χ4v) is 3.04. The summed E-state index contributed by atoms with van der Waals surface area (Å²) in [6, 6.07) is 18.3. The first kappa shape index (κ1) is 14.2. The van der Waals surface area contributed by atoms with Crippen molar-refractivity contribution in [3.63, 3.8) is 0 Å². The molecule has 0 aliphatic carbocycles. The smallest absolute Gasteiger partial charge is 0.188 e. The highest BCUT2D eigenvalue weighted by atomic mass is 35.5. The third-order valence-electron chi connectivity index (χ3n) is 3.56. The van der Waals surface area contributed by atoms with Crippen LogP contribution in [-0.4, -0.2) is 16.2 Å². The summed E-state index contributed by atoms with van der Waals surface area (Å²) < 4.78 is 0. The molecule has 0 amide bonds. The average Bonchev–Trinajstić information content (AvgIpc) is 2.76. The average molecular weight is 318 g/mol. The quantitative estimate of drug-likeness (QED) is 0.837. The lowest BCUT2D eigenvalue weighted by molar-refractivity contribution is 0.376. The van der Waals surface area contributed by atoms with Crippen LogP contribution in [0.25, 0.3) is 0 Å². The van der Waals surface area contributed by atoms with Gasteiger partial charge in [-0.3, -0.25) is 10.4 Å². The minimum atomic E-state index is 0.148. The van der Waals surface area contributed by atoms with Crippen molar-refractivity contribution in [3.8, 4) is 0 Å². The Balaban J connectivity index is 1.87. The molecular formula is C16H16ClN3S. The molecule has 0 radical (unpaired) electrons. The summed E-state index contributed by atoms with van der Waals surface area (Å²) in [4.78, 5) is 0. The third-order valence-corrected chi connectivity index (χ3v) is 4.12. The molecule has 3 nitrogen and oxygen atoms in total. The lowest BCUT2D eigenvalue weighted by Gasteiger charge is -2.28. The summed E-state index contributed by atoms with van der Waals surface area (Å²) in [6.07, 6.45) is 0. The number of halogens is 1. The third kappa shape index (κ3) is 2.96. The van der Waals surface area contributed by atoms with Gasteiger partial charge in [-0.15, -0.1) is 0 Å². The van der Waals surface area contributed by atoms with Crippen molar-refractivity contribution in [1.29, 1.82) is 0 Å². The van der Waals surface area contributed by atoms with Crippen LogP contribution in [0, 0.1) is 0 Å². The van der Waals surface area contributed by atoms with Crippen molar-refractivity contribution in [2.75, 3.05) is 5.43 Å². The topological polar surface area (TPSA) is 27.3 Å². The van der Waals surface area contributed by atoms with E-state index in [0.29, 0.717) is 5.11 Å². The molecule has 2 atom stereocenters. The van der Waals surface area contributed by atoms with Gasteiger partial charge in [0.1, 0.15) is 0 Å². The standard InChI is InChI=1S/C16H16ClN3S/c1-11-15(12-5-3-2-4-6-12)20(16(21)18-11)19-14-9-7-13(17)8-10-14/h2-11,15,19H,1H3,(H,18,21). The molecule has 1 aliphatic heterocycles. The van der Waals surface area contributed by atoms with E-state index in [0.717, 1.165) is 10.7 Å². The van der Waals surface area contributed by atoms with Crippen LogP contribution in [0.5, 0.6) is 0 Å².